The second-order valence-electron chi connectivity index (χ2n) is 7.37. The molecule has 1 aliphatic heterocycles. The van der Waals surface area contributed by atoms with Crippen molar-refractivity contribution in [2.45, 2.75) is 10.6 Å². The van der Waals surface area contributed by atoms with Crippen molar-refractivity contribution in [2.24, 2.45) is 0 Å². The third kappa shape index (κ3) is 5.04. The van der Waals surface area contributed by atoms with Crippen molar-refractivity contribution in [3.8, 4) is 0 Å². The van der Waals surface area contributed by atoms with Crippen LogP contribution in [0.25, 0.3) is 0 Å². The Morgan fingerprint density at radius 1 is 1.09 bits per heavy atom. The molecular weight excluding hydrogens is 514 g/mol. The molecule has 1 aliphatic rings. The standard InChI is InChI=1S/C22H18ClN5O5S2/c1-25-20(24)12-2-7-16-13(10-12)11-18(29)28(21(16)30)15-5-3-14(4-6-15)26-22(31)27-35(32,33)19-9-8-17(23)34-19/h2-10H,11H2,1H3,(H2,24,25)(H2,26,27,31). The van der Waals surface area contributed by atoms with E-state index in [1.807, 2.05) is 4.72 Å². The number of anilines is 2. The molecule has 180 valence electrons. The topological polar surface area (TPSA) is 149 Å². The molecule has 0 saturated carbocycles. The lowest BCUT2D eigenvalue weighted by atomic mass is 9.95. The average Bonchev–Trinajstić information content (AvgIpc) is 3.26. The highest BCUT2D eigenvalue weighted by Gasteiger charge is 2.32. The number of hydrogen-bond acceptors (Lipinski definition) is 7. The number of amidine groups is 1. The smallest absolute Gasteiger partial charge is 0.333 e. The molecule has 0 aliphatic carbocycles. The summed E-state index contributed by atoms with van der Waals surface area (Å²) < 4.78 is 26.5. The molecule has 13 heteroatoms. The molecule has 0 radical (unpaired) electrons. The largest absolute Gasteiger partial charge is 0.373 e. The van der Waals surface area contributed by atoms with Crippen LogP contribution in [0.2, 0.25) is 4.34 Å². The minimum atomic E-state index is -4.08. The summed E-state index contributed by atoms with van der Waals surface area (Å²) in [5, 5.41) is 13.0. The highest BCUT2D eigenvalue weighted by Crippen LogP contribution is 2.28. The lowest BCUT2D eigenvalue weighted by molar-refractivity contribution is -0.117. The van der Waals surface area contributed by atoms with E-state index in [1.54, 1.807) is 25.2 Å². The number of halogens is 1. The summed E-state index contributed by atoms with van der Waals surface area (Å²) >= 11 is 6.56. The van der Waals surface area contributed by atoms with E-state index in [-0.39, 0.29) is 26.5 Å². The molecule has 0 unspecified atom stereocenters. The van der Waals surface area contributed by atoms with Gasteiger partial charge in [0.25, 0.3) is 15.9 Å². The Balaban J connectivity index is 1.47. The molecule has 4 N–H and O–H groups in total. The Morgan fingerprint density at radius 2 is 1.80 bits per heavy atom. The van der Waals surface area contributed by atoms with Crippen LogP contribution >= 0.6 is 22.9 Å². The number of nitrogens with zero attached hydrogens (tertiary/aromatic N) is 1. The van der Waals surface area contributed by atoms with Gasteiger partial charge in [0.1, 0.15) is 10.0 Å². The van der Waals surface area contributed by atoms with E-state index in [0.717, 1.165) is 16.2 Å². The summed E-state index contributed by atoms with van der Waals surface area (Å²) in [5.41, 5.74) is 2.01. The molecule has 2 heterocycles. The van der Waals surface area contributed by atoms with Gasteiger partial charge in [0.15, 0.2) is 0 Å². The van der Waals surface area contributed by atoms with Gasteiger partial charge in [0.2, 0.25) is 5.91 Å². The van der Waals surface area contributed by atoms with E-state index in [2.05, 4.69) is 10.6 Å². The second kappa shape index (κ2) is 9.49. The van der Waals surface area contributed by atoms with Crippen molar-refractivity contribution < 1.29 is 22.8 Å². The number of nitrogens with one attached hydrogen (secondary N) is 4. The Hall–Kier alpha value is -3.74. The summed E-state index contributed by atoms with van der Waals surface area (Å²) in [6.45, 7) is 0. The number of fused-ring (bicyclic) bond motifs is 1. The molecule has 4 rings (SSSR count). The summed E-state index contributed by atoms with van der Waals surface area (Å²) in [6.07, 6.45) is -0.0150. The Kier molecular flexibility index (Phi) is 6.61. The summed E-state index contributed by atoms with van der Waals surface area (Å²) in [7, 11) is -2.47. The first-order valence-corrected chi connectivity index (χ1v) is 12.7. The van der Waals surface area contributed by atoms with Crippen LogP contribution in [0.15, 0.2) is 58.8 Å². The van der Waals surface area contributed by atoms with Crippen molar-refractivity contribution >= 4 is 68.0 Å². The highest BCUT2D eigenvalue weighted by atomic mass is 35.5. The van der Waals surface area contributed by atoms with Crippen LogP contribution in [0, 0.1) is 5.41 Å². The molecular formula is C22H18ClN5O5S2. The van der Waals surface area contributed by atoms with E-state index in [1.165, 1.54) is 36.4 Å². The van der Waals surface area contributed by atoms with Gasteiger partial charge in [-0.2, -0.15) is 0 Å². The van der Waals surface area contributed by atoms with E-state index < -0.39 is 27.9 Å². The molecule has 0 saturated heterocycles. The number of sulfonamides is 1. The maximum absolute atomic E-state index is 13.0. The molecule has 0 bridgehead atoms. The van der Waals surface area contributed by atoms with Gasteiger partial charge in [-0.25, -0.2) is 22.8 Å². The Morgan fingerprint density at radius 3 is 2.43 bits per heavy atom. The second-order valence-corrected chi connectivity index (χ2v) is 11.0. The van der Waals surface area contributed by atoms with Crippen molar-refractivity contribution in [1.82, 2.24) is 10.0 Å². The number of rotatable bonds is 5. The van der Waals surface area contributed by atoms with Crippen molar-refractivity contribution in [2.75, 3.05) is 17.3 Å². The fraction of sp³-hybridized carbons (Fsp3) is 0.0909. The number of amides is 4. The molecule has 10 nitrogen and oxygen atoms in total. The van der Waals surface area contributed by atoms with Crippen LogP contribution in [0.4, 0.5) is 16.2 Å². The van der Waals surface area contributed by atoms with Gasteiger partial charge in [-0.15, -0.1) is 11.3 Å². The van der Waals surface area contributed by atoms with Gasteiger partial charge in [0.05, 0.1) is 16.4 Å². The lowest BCUT2D eigenvalue weighted by Crippen LogP contribution is -2.42. The zero-order valence-corrected chi connectivity index (χ0v) is 20.5. The number of carbonyl (C=O) groups excluding carboxylic acids is 3. The minimum Gasteiger partial charge on any atom is -0.373 e. The number of hydrogen-bond donors (Lipinski definition) is 4. The van der Waals surface area contributed by atoms with Crippen molar-refractivity contribution in [3.05, 3.63) is 75.6 Å². The van der Waals surface area contributed by atoms with Crippen LogP contribution in [-0.2, 0) is 21.2 Å². The van der Waals surface area contributed by atoms with Crippen LogP contribution in [0.5, 0.6) is 0 Å². The first-order valence-electron chi connectivity index (χ1n) is 10.0. The first kappa shape index (κ1) is 24.4. The third-order valence-electron chi connectivity index (χ3n) is 5.09. The van der Waals surface area contributed by atoms with Crippen LogP contribution in [-0.4, -0.2) is 39.1 Å². The van der Waals surface area contributed by atoms with Gasteiger partial charge < -0.3 is 10.6 Å². The van der Waals surface area contributed by atoms with Crippen LogP contribution < -0.4 is 20.3 Å². The fourth-order valence-corrected chi connectivity index (χ4v) is 5.84. The number of benzene rings is 2. The third-order valence-corrected chi connectivity index (χ3v) is 8.15. The number of carbonyl (C=O) groups is 3. The molecule has 4 amide bonds. The predicted molar refractivity (Wildman–Crippen MR) is 133 cm³/mol. The SMILES string of the molecule is CNC(=N)c1ccc2c(c1)CC(=O)N(c1ccc(NC(=O)NS(=O)(=O)c3ccc(Cl)s3)cc1)C2=O. The molecule has 0 atom stereocenters. The average molecular weight is 532 g/mol. The van der Waals surface area contributed by atoms with E-state index in [4.69, 9.17) is 17.0 Å². The summed E-state index contributed by atoms with van der Waals surface area (Å²) in [4.78, 5) is 39.0. The number of urea groups is 1. The van der Waals surface area contributed by atoms with Gasteiger partial charge in [-0.3, -0.25) is 15.0 Å². The Bertz CT molecular complexity index is 1470. The van der Waals surface area contributed by atoms with Gasteiger partial charge in [0, 0.05) is 23.9 Å². The molecule has 0 fully saturated rings. The molecule has 3 aromatic rings. The molecule has 1 aromatic heterocycles. The summed E-state index contributed by atoms with van der Waals surface area (Å²) in [6, 6.07) is 12.4. The normalized spacial score (nSPS) is 13.3. The molecule has 2 aromatic carbocycles. The van der Waals surface area contributed by atoms with E-state index in [9.17, 15) is 22.8 Å². The van der Waals surface area contributed by atoms with Gasteiger partial charge >= 0.3 is 6.03 Å². The molecule has 0 spiro atoms. The Labute approximate surface area is 209 Å². The van der Waals surface area contributed by atoms with Crippen LogP contribution in [0.3, 0.4) is 0 Å². The predicted octanol–water partition coefficient (Wildman–Crippen LogP) is 3.19. The van der Waals surface area contributed by atoms with E-state index in [0.29, 0.717) is 22.4 Å². The van der Waals surface area contributed by atoms with E-state index >= 15 is 0 Å². The molecule has 35 heavy (non-hydrogen) atoms. The van der Waals surface area contributed by atoms with Gasteiger partial charge in [-0.05, 0) is 54.1 Å². The van der Waals surface area contributed by atoms with Crippen LogP contribution in [0.1, 0.15) is 21.5 Å². The zero-order chi connectivity index (χ0) is 25.3. The quantitative estimate of drug-likeness (QED) is 0.226. The zero-order valence-electron chi connectivity index (χ0n) is 18.1. The monoisotopic (exact) mass is 531 g/mol. The van der Waals surface area contributed by atoms with Crippen molar-refractivity contribution in [1.29, 1.82) is 5.41 Å². The number of imide groups is 1. The minimum absolute atomic E-state index is 0.0150. The maximum Gasteiger partial charge on any atom is 0.333 e. The first-order chi connectivity index (χ1) is 16.6. The fourth-order valence-electron chi connectivity index (χ4n) is 3.45. The summed E-state index contributed by atoms with van der Waals surface area (Å²) in [5.74, 6) is -0.762. The number of thiophene rings is 1. The highest BCUT2D eigenvalue weighted by molar-refractivity contribution is 7.92. The lowest BCUT2D eigenvalue weighted by Gasteiger charge is -2.27. The van der Waals surface area contributed by atoms with Gasteiger partial charge in [-0.1, -0.05) is 17.7 Å². The van der Waals surface area contributed by atoms with Crippen molar-refractivity contribution in [3.63, 3.8) is 0 Å². The maximum atomic E-state index is 13.0.